The highest BCUT2D eigenvalue weighted by atomic mass is 19.2. The highest BCUT2D eigenvalue weighted by Gasteiger charge is 2.49. The standard InChI is InChI=1S/C21H25F3N2O2/c22-16-6-14(7-17(23)19(16)24)28-15-8-18(25-9-15)21(27)26-20-12-2-10-1-11(4-12)5-13(20)3-10/h6-7,10-13,15,18,20,25H,1-5,8-9H2,(H,26,27)/t10?,11?,12?,13?,15-,18-,20?/m0/s1. The third-order valence-corrected chi connectivity index (χ3v) is 7.20. The summed E-state index contributed by atoms with van der Waals surface area (Å²) in [6.07, 6.45) is 6.36. The van der Waals surface area contributed by atoms with E-state index in [0.717, 1.165) is 24.0 Å². The average Bonchev–Trinajstić information content (AvgIpc) is 3.10. The summed E-state index contributed by atoms with van der Waals surface area (Å²) in [7, 11) is 0. The number of amides is 1. The molecule has 2 atom stereocenters. The lowest BCUT2D eigenvalue weighted by molar-refractivity contribution is -0.126. The summed E-state index contributed by atoms with van der Waals surface area (Å²) in [4.78, 5) is 12.8. The predicted octanol–water partition coefficient (Wildman–Crippen LogP) is 3.15. The predicted molar refractivity (Wildman–Crippen MR) is 96.1 cm³/mol. The largest absolute Gasteiger partial charge is 0.489 e. The average molecular weight is 394 g/mol. The molecule has 4 saturated carbocycles. The van der Waals surface area contributed by atoms with Crippen molar-refractivity contribution < 1.29 is 22.7 Å². The minimum atomic E-state index is -1.51. The Balaban J connectivity index is 1.18. The van der Waals surface area contributed by atoms with E-state index in [1.807, 2.05) is 0 Å². The Bertz CT molecular complexity index is 736. The van der Waals surface area contributed by atoms with Crippen molar-refractivity contribution in [2.24, 2.45) is 23.7 Å². The highest BCUT2D eigenvalue weighted by molar-refractivity contribution is 5.82. The van der Waals surface area contributed by atoms with Crippen LogP contribution in [0, 0.1) is 41.1 Å². The van der Waals surface area contributed by atoms with Gasteiger partial charge in [-0.15, -0.1) is 0 Å². The summed E-state index contributed by atoms with van der Waals surface area (Å²) in [6.45, 7) is 0.403. The van der Waals surface area contributed by atoms with Crippen LogP contribution < -0.4 is 15.4 Å². The molecule has 6 rings (SSSR count). The number of carbonyl (C=O) groups is 1. The van der Waals surface area contributed by atoms with E-state index in [1.54, 1.807) is 0 Å². The van der Waals surface area contributed by atoms with Crippen molar-refractivity contribution in [3.05, 3.63) is 29.6 Å². The lowest BCUT2D eigenvalue weighted by Gasteiger charge is -2.54. The molecule has 1 saturated heterocycles. The third kappa shape index (κ3) is 3.27. The van der Waals surface area contributed by atoms with E-state index in [2.05, 4.69) is 10.6 Å². The summed E-state index contributed by atoms with van der Waals surface area (Å²) in [6, 6.07) is 1.57. The van der Waals surface area contributed by atoms with Crippen LogP contribution in [-0.4, -0.2) is 30.6 Å². The fourth-order valence-electron chi connectivity index (χ4n) is 6.21. The highest BCUT2D eigenvalue weighted by Crippen LogP contribution is 2.53. The zero-order valence-corrected chi connectivity index (χ0v) is 15.6. The number of carbonyl (C=O) groups excluding carboxylic acids is 1. The van der Waals surface area contributed by atoms with Crippen molar-refractivity contribution >= 4 is 5.91 Å². The molecule has 5 fully saturated rings. The van der Waals surface area contributed by atoms with Crippen LogP contribution in [0.25, 0.3) is 0 Å². The van der Waals surface area contributed by atoms with Crippen LogP contribution in [0.1, 0.15) is 38.5 Å². The Morgan fingerprint density at radius 2 is 1.57 bits per heavy atom. The van der Waals surface area contributed by atoms with Crippen LogP contribution in [0.5, 0.6) is 5.75 Å². The lowest BCUT2D eigenvalue weighted by Crippen LogP contribution is -2.58. The summed E-state index contributed by atoms with van der Waals surface area (Å²) < 4.78 is 45.3. The molecule has 1 heterocycles. The molecule has 4 bridgehead atoms. The summed E-state index contributed by atoms with van der Waals surface area (Å²) in [5, 5.41) is 6.43. The molecule has 28 heavy (non-hydrogen) atoms. The summed E-state index contributed by atoms with van der Waals surface area (Å²) in [5.74, 6) is -1.22. The Morgan fingerprint density at radius 3 is 2.18 bits per heavy atom. The van der Waals surface area contributed by atoms with Gasteiger partial charge in [0.25, 0.3) is 0 Å². The monoisotopic (exact) mass is 394 g/mol. The SMILES string of the molecule is O=C(NC1C2CC3CC(C2)CC1C3)[C@@H]1C[C@H](Oc2cc(F)c(F)c(F)c2)CN1. The molecule has 1 aliphatic heterocycles. The minimum Gasteiger partial charge on any atom is -0.489 e. The lowest BCUT2D eigenvalue weighted by atomic mass is 9.54. The Labute approximate surface area is 162 Å². The second kappa shape index (κ2) is 6.94. The number of hydrogen-bond donors (Lipinski definition) is 2. The molecule has 1 amide bonds. The zero-order valence-electron chi connectivity index (χ0n) is 15.6. The van der Waals surface area contributed by atoms with Gasteiger partial charge in [-0.05, 0) is 55.8 Å². The molecule has 0 spiro atoms. The van der Waals surface area contributed by atoms with Crippen LogP contribution in [-0.2, 0) is 4.79 Å². The van der Waals surface area contributed by atoms with E-state index in [-0.39, 0.29) is 23.7 Å². The first-order valence-electron chi connectivity index (χ1n) is 10.3. The smallest absolute Gasteiger partial charge is 0.237 e. The van der Waals surface area contributed by atoms with Gasteiger partial charge in [0, 0.05) is 31.1 Å². The zero-order chi connectivity index (χ0) is 19.4. The molecule has 1 aromatic rings. The van der Waals surface area contributed by atoms with Gasteiger partial charge < -0.3 is 15.4 Å². The number of benzene rings is 1. The van der Waals surface area contributed by atoms with Crippen LogP contribution in [0.2, 0.25) is 0 Å². The molecule has 0 unspecified atom stereocenters. The van der Waals surface area contributed by atoms with Crippen LogP contribution in [0.15, 0.2) is 12.1 Å². The number of halogens is 3. The molecule has 4 aliphatic carbocycles. The maximum atomic E-state index is 13.3. The van der Waals surface area contributed by atoms with E-state index < -0.39 is 23.6 Å². The van der Waals surface area contributed by atoms with Crippen molar-refractivity contribution in [3.63, 3.8) is 0 Å². The second-order valence-corrected chi connectivity index (χ2v) is 9.10. The summed E-state index contributed by atoms with van der Waals surface area (Å²) >= 11 is 0. The van der Waals surface area contributed by atoms with Crippen molar-refractivity contribution in [2.45, 2.75) is 56.7 Å². The van der Waals surface area contributed by atoms with Gasteiger partial charge in [0.05, 0.1) is 6.04 Å². The second-order valence-electron chi connectivity index (χ2n) is 9.10. The molecule has 4 nitrogen and oxygen atoms in total. The molecular formula is C21H25F3N2O2. The Morgan fingerprint density at radius 1 is 0.964 bits per heavy atom. The third-order valence-electron chi connectivity index (χ3n) is 7.20. The van der Waals surface area contributed by atoms with Crippen molar-refractivity contribution in [3.8, 4) is 5.75 Å². The first-order valence-corrected chi connectivity index (χ1v) is 10.3. The van der Waals surface area contributed by atoms with Gasteiger partial charge in [-0.3, -0.25) is 4.79 Å². The molecule has 0 aromatic heterocycles. The molecule has 7 heteroatoms. The van der Waals surface area contributed by atoms with Gasteiger partial charge >= 0.3 is 0 Å². The number of rotatable bonds is 4. The normalized spacial score (nSPS) is 38.6. The fraction of sp³-hybridized carbons (Fsp3) is 0.667. The topological polar surface area (TPSA) is 50.4 Å². The van der Waals surface area contributed by atoms with E-state index in [4.69, 9.17) is 4.74 Å². The van der Waals surface area contributed by atoms with E-state index in [9.17, 15) is 18.0 Å². The maximum Gasteiger partial charge on any atom is 0.237 e. The Hall–Kier alpha value is -1.76. The van der Waals surface area contributed by atoms with Gasteiger partial charge in [-0.1, -0.05) is 0 Å². The first-order chi connectivity index (χ1) is 13.5. The van der Waals surface area contributed by atoms with Crippen LogP contribution in [0.4, 0.5) is 13.2 Å². The van der Waals surface area contributed by atoms with Gasteiger partial charge in [0.1, 0.15) is 11.9 Å². The van der Waals surface area contributed by atoms with Gasteiger partial charge in [-0.25, -0.2) is 13.2 Å². The van der Waals surface area contributed by atoms with Crippen molar-refractivity contribution in [2.75, 3.05) is 6.54 Å². The van der Waals surface area contributed by atoms with E-state index in [0.29, 0.717) is 24.8 Å². The van der Waals surface area contributed by atoms with Crippen LogP contribution >= 0.6 is 0 Å². The number of hydrogen-bond acceptors (Lipinski definition) is 3. The first kappa shape index (κ1) is 18.3. The maximum absolute atomic E-state index is 13.3. The van der Waals surface area contributed by atoms with E-state index in [1.165, 1.54) is 32.1 Å². The minimum absolute atomic E-state index is 0.0139. The molecule has 0 radical (unpaired) electrons. The molecule has 1 aromatic carbocycles. The van der Waals surface area contributed by atoms with Gasteiger partial charge in [0.15, 0.2) is 17.5 Å². The molecule has 2 N–H and O–H groups in total. The fourth-order valence-corrected chi connectivity index (χ4v) is 6.21. The Kier molecular flexibility index (Phi) is 4.53. The summed E-state index contributed by atoms with van der Waals surface area (Å²) in [5.41, 5.74) is 0. The number of nitrogens with one attached hydrogen (secondary N) is 2. The van der Waals surface area contributed by atoms with Crippen LogP contribution in [0.3, 0.4) is 0 Å². The van der Waals surface area contributed by atoms with Gasteiger partial charge in [-0.2, -0.15) is 0 Å². The van der Waals surface area contributed by atoms with E-state index >= 15 is 0 Å². The van der Waals surface area contributed by atoms with Crippen molar-refractivity contribution in [1.82, 2.24) is 10.6 Å². The number of ether oxygens (including phenoxy) is 1. The molecule has 5 aliphatic rings. The molecular weight excluding hydrogens is 369 g/mol. The van der Waals surface area contributed by atoms with Crippen molar-refractivity contribution in [1.29, 1.82) is 0 Å². The quantitative estimate of drug-likeness (QED) is 0.772. The molecule has 152 valence electrons. The van der Waals surface area contributed by atoms with Gasteiger partial charge in [0.2, 0.25) is 5.91 Å².